The lowest BCUT2D eigenvalue weighted by atomic mass is 9.95. The SMILES string of the molecule is CCC(=O)c1c(-c2ccc(Oc3cccc(F)c3)cc2)oc2cc(N(CC)CC)c(-c3cccc(C(=O)NC(C)(C)C(=O)O)c3)cc12. The molecule has 0 bridgehead atoms. The van der Waals surface area contributed by atoms with Gasteiger partial charge in [-0.2, -0.15) is 0 Å². The summed E-state index contributed by atoms with van der Waals surface area (Å²) >= 11 is 0. The van der Waals surface area contributed by atoms with E-state index in [-0.39, 0.29) is 12.2 Å². The molecule has 0 aliphatic carbocycles. The first-order valence-corrected chi connectivity index (χ1v) is 15.5. The summed E-state index contributed by atoms with van der Waals surface area (Å²) in [6.07, 6.45) is 0.255. The van der Waals surface area contributed by atoms with Crippen molar-refractivity contribution in [1.29, 1.82) is 0 Å². The van der Waals surface area contributed by atoms with E-state index in [0.29, 0.717) is 58.0 Å². The Bertz CT molecular complexity index is 1960. The highest BCUT2D eigenvalue weighted by Crippen LogP contribution is 2.42. The molecule has 0 radical (unpaired) electrons. The molecule has 1 aromatic heterocycles. The number of carbonyl (C=O) groups excluding carboxylic acids is 2. The van der Waals surface area contributed by atoms with Crippen LogP contribution in [0.2, 0.25) is 0 Å². The third kappa shape index (κ3) is 6.89. The summed E-state index contributed by atoms with van der Waals surface area (Å²) in [6.45, 7) is 10.1. The summed E-state index contributed by atoms with van der Waals surface area (Å²) in [4.78, 5) is 40.4. The second kappa shape index (κ2) is 13.5. The van der Waals surface area contributed by atoms with Gasteiger partial charge in [-0.05, 0) is 87.9 Å². The highest BCUT2D eigenvalue weighted by Gasteiger charge is 2.30. The molecule has 0 saturated carbocycles. The number of halogens is 1. The van der Waals surface area contributed by atoms with Crippen LogP contribution in [0.3, 0.4) is 0 Å². The number of hydrogen-bond acceptors (Lipinski definition) is 6. The maximum absolute atomic E-state index is 13.6. The number of nitrogens with zero attached hydrogens (tertiary/aromatic N) is 1. The predicted molar refractivity (Wildman–Crippen MR) is 181 cm³/mol. The Morgan fingerprint density at radius 3 is 2.21 bits per heavy atom. The smallest absolute Gasteiger partial charge is 0.328 e. The van der Waals surface area contributed by atoms with Crippen molar-refractivity contribution in [1.82, 2.24) is 5.32 Å². The zero-order chi connectivity index (χ0) is 33.9. The number of aliphatic carboxylic acids is 1. The monoisotopic (exact) mass is 636 g/mol. The van der Waals surface area contributed by atoms with Crippen LogP contribution in [0.25, 0.3) is 33.4 Å². The molecule has 0 saturated heterocycles. The van der Waals surface area contributed by atoms with Crippen LogP contribution >= 0.6 is 0 Å². The summed E-state index contributed by atoms with van der Waals surface area (Å²) in [5, 5.41) is 12.7. The molecule has 47 heavy (non-hydrogen) atoms. The number of carboxylic acid groups (broad SMARTS) is 1. The van der Waals surface area contributed by atoms with Crippen LogP contribution in [0.15, 0.2) is 89.3 Å². The predicted octanol–water partition coefficient (Wildman–Crippen LogP) is 8.73. The van der Waals surface area contributed by atoms with Gasteiger partial charge in [0.2, 0.25) is 0 Å². The van der Waals surface area contributed by atoms with Gasteiger partial charge in [-0.25, -0.2) is 9.18 Å². The van der Waals surface area contributed by atoms with Crippen molar-refractivity contribution < 1.29 is 33.0 Å². The van der Waals surface area contributed by atoms with E-state index in [4.69, 9.17) is 9.15 Å². The van der Waals surface area contributed by atoms with E-state index in [1.165, 1.54) is 26.0 Å². The normalized spacial score (nSPS) is 11.4. The molecule has 9 heteroatoms. The molecular weight excluding hydrogens is 599 g/mol. The van der Waals surface area contributed by atoms with Gasteiger partial charge in [-0.3, -0.25) is 9.59 Å². The zero-order valence-electron chi connectivity index (χ0n) is 27.0. The number of benzene rings is 4. The number of fused-ring (bicyclic) bond motifs is 1. The molecule has 8 nitrogen and oxygen atoms in total. The van der Waals surface area contributed by atoms with Crippen molar-refractivity contribution in [3.63, 3.8) is 0 Å². The Morgan fingerprint density at radius 1 is 0.872 bits per heavy atom. The van der Waals surface area contributed by atoms with E-state index in [1.807, 2.05) is 32.0 Å². The first-order chi connectivity index (χ1) is 22.4. The van der Waals surface area contributed by atoms with Crippen molar-refractivity contribution in [2.45, 2.75) is 46.6 Å². The number of Topliss-reactive ketones (excluding diaryl/α,β-unsaturated/α-hetero) is 1. The highest BCUT2D eigenvalue weighted by atomic mass is 19.1. The first kappa shape index (κ1) is 32.9. The number of anilines is 1. The number of rotatable bonds is 12. The molecule has 242 valence electrons. The fourth-order valence-corrected chi connectivity index (χ4v) is 5.42. The molecule has 0 spiro atoms. The molecular formula is C38H37FN2O6. The van der Waals surface area contributed by atoms with Crippen LogP contribution in [0.5, 0.6) is 11.5 Å². The van der Waals surface area contributed by atoms with Gasteiger partial charge in [-0.1, -0.05) is 25.1 Å². The van der Waals surface area contributed by atoms with E-state index < -0.39 is 23.2 Å². The third-order valence-corrected chi connectivity index (χ3v) is 8.06. The van der Waals surface area contributed by atoms with E-state index in [0.717, 1.165) is 16.8 Å². The number of nitrogens with one attached hydrogen (secondary N) is 1. The molecule has 5 rings (SSSR count). The maximum atomic E-state index is 13.6. The molecule has 0 fully saturated rings. The number of amides is 1. The average Bonchev–Trinajstić information content (AvgIpc) is 3.43. The van der Waals surface area contributed by atoms with Crippen molar-refractivity contribution in [3.05, 3.63) is 102 Å². The molecule has 0 aliphatic rings. The van der Waals surface area contributed by atoms with Crippen molar-refractivity contribution in [3.8, 4) is 33.9 Å². The summed E-state index contributed by atoms with van der Waals surface area (Å²) in [5.74, 6) is -0.853. The average molecular weight is 637 g/mol. The highest BCUT2D eigenvalue weighted by molar-refractivity contribution is 6.14. The molecule has 4 aromatic carbocycles. The minimum atomic E-state index is -1.45. The van der Waals surface area contributed by atoms with Crippen LogP contribution in [-0.4, -0.2) is 41.4 Å². The van der Waals surface area contributed by atoms with Crippen LogP contribution in [0.4, 0.5) is 10.1 Å². The fourth-order valence-electron chi connectivity index (χ4n) is 5.42. The Balaban J connectivity index is 1.62. The van der Waals surface area contributed by atoms with E-state index in [9.17, 15) is 23.9 Å². The molecule has 1 heterocycles. The van der Waals surface area contributed by atoms with Gasteiger partial charge in [0, 0.05) is 59.4 Å². The van der Waals surface area contributed by atoms with Crippen molar-refractivity contribution in [2.24, 2.45) is 0 Å². The Hall–Kier alpha value is -5.44. The number of furan rings is 1. The first-order valence-electron chi connectivity index (χ1n) is 15.5. The summed E-state index contributed by atoms with van der Waals surface area (Å²) in [5.41, 5.74) is 2.91. The van der Waals surface area contributed by atoms with Crippen molar-refractivity contribution in [2.75, 3.05) is 18.0 Å². The number of ketones is 1. The fraction of sp³-hybridized carbons (Fsp3) is 0.237. The summed E-state index contributed by atoms with van der Waals surface area (Å²) in [7, 11) is 0. The Labute approximate surface area is 272 Å². The van der Waals surface area contributed by atoms with Crippen LogP contribution in [0, 0.1) is 5.82 Å². The summed E-state index contributed by atoms with van der Waals surface area (Å²) < 4.78 is 25.9. The van der Waals surface area contributed by atoms with E-state index in [2.05, 4.69) is 10.2 Å². The van der Waals surface area contributed by atoms with E-state index in [1.54, 1.807) is 61.5 Å². The largest absolute Gasteiger partial charge is 0.480 e. The summed E-state index contributed by atoms with van der Waals surface area (Å²) in [6, 6.07) is 23.8. The molecule has 5 aromatic rings. The van der Waals surface area contributed by atoms with Gasteiger partial charge in [0.25, 0.3) is 5.91 Å². The molecule has 1 amide bonds. The quantitative estimate of drug-likeness (QED) is 0.132. The second-order valence-electron chi connectivity index (χ2n) is 11.7. The number of hydrogen-bond donors (Lipinski definition) is 2. The zero-order valence-corrected chi connectivity index (χ0v) is 27.0. The minimum Gasteiger partial charge on any atom is -0.480 e. The number of carboxylic acids is 1. The standard InChI is InChI=1S/C38H37FN2O6/c1-6-32(42)34-30-21-29(24-11-9-12-25(19-24)36(43)40-38(4,5)37(44)45)31(41(7-2)8-3)22-33(30)47-35(34)23-15-17-27(18-16-23)46-28-14-10-13-26(39)20-28/h9-22H,6-8H2,1-5H3,(H,40,43)(H,44,45). The van der Waals surface area contributed by atoms with Gasteiger partial charge in [0.05, 0.1) is 5.56 Å². The molecule has 0 atom stereocenters. The van der Waals surface area contributed by atoms with Crippen LogP contribution < -0.4 is 15.0 Å². The van der Waals surface area contributed by atoms with Gasteiger partial charge in [-0.15, -0.1) is 0 Å². The molecule has 0 unspecified atom stereocenters. The topological polar surface area (TPSA) is 109 Å². The van der Waals surface area contributed by atoms with E-state index >= 15 is 0 Å². The lowest BCUT2D eigenvalue weighted by Crippen LogP contribution is -2.49. The Morgan fingerprint density at radius 2 is 1.57 bits per heavy atom. The molecule has 2 N–H and O–H groups in total. The van der Waals surface area contributed by atoms with Crippen LogP contribution in [0.1, 0.15) is 61.8 Å². The van der Waals surface area contributed by atoms with Gasteiger partial charge < -0.3 is 24.5 Å². The van der Waals surface area contributed by atoms with Crippen LogP contribution in [-0.2, 0) is 4.79 Å². The third-order valence-electron chi connectivity index (χ3n) is 8.06. The van der Waals surface area contributed by atoms with Crippen molar-refractivity contribution >= 4 is 34.3 Å². The Kier molecular flexibility index (Phi) is 9.46. The molecule has 0 aliphatic heterocycles. The maximum Gasteiger partial charge on any atom is 0.328 e. The number of carbonyl (C=O) groups is 3. The van der Waals surface area contributed by atoms with Gasteiger partial charge >= 0.3 is 5.97 Å². The number of ether oxygens (including phenoxy) is 1. The minimum absolute atomic E-state index is 0.0931. The van der Waals surface area contributed by atoms with Gasteiger partial charge in [0.1, 0.15) is 34.2 Å². The second-order valence-corrected chi connectivity index (χ2v) is 11.7. The lowest BCUT2D eigenvalue weighted by molar-refractivity contribution is -0.143. The lowest BCUT2D eigenvalue weighted by Gasteiger charge is -2.25. The van der Waals surface area contributed by atoms with Gasteiger partial charge in [0.15, 0.2) is 5.78 Å².